The Morgan fingerprint density at radius 2 is 1.77 bits per heavy atom. The number of hydrogen-bond acceptors (Lipinski definition) is 2. The summed E-state index contributed by atoms with van der Waals surface area (Å²) in [6, 6.07) is 5.58. The second-order valence-electron chi connectivity index (χ2n) is 3.34. The van der Waals surface area contributed by atoms with E-state index in [1.54, 1.807) is 12.1 Å². The molecule has 13 heavy (non-hydrogen) atoms. The zero-order valence-corrected chi connectivity index (χ0v) is 8.13. The zero-order chi connectivity index (χ0) is 10.0. The van der Waals surface area contributed by atoms with E-state index in [-0.39, 0.29) is 11.7 Å². The van der Waals surface area contributed by atoms with Crippen LogP contribution in [0.1, 0.15) is 29.5 Å². The molecule has 1 aromatic carbocycles. The standard InChI is InChI=1S/C11H13NO/c1-7-4-10(13)5-8(2)11(7)9(3)6-12/h4-5,9,13H,1-3H3. The molecule has 0 saturated heterocycles. The van der Waals surface area contributed by atoms with Crippen LogP contribution in [0.25, 0.3) is 0 Å². The number of rotatable bonds is 1. The van der Waals surface area contributed by atoms with Crippen LogP contribution < -0.4 is 0 Å². The van der Waals surface area contributed by atoms with Gasteiger partial charge in [-0.2, -0.15) is 5.26 Å². The number of benzene rings is 1. The fourth-order valence-corrected chi connectivity index (χ4v) is 1.70. The minimum atomic E-state index is -0.111. The van der Waals surface area contributed by atoms with E-state index >= 15 is 0 Å². The molecule has 0 spiro atoms. The van der Waals surface area contributed by atoms with Gasteiger partial charge in [-0.25, -0.2) is 0 Å². The molecule has 2 nitrogen and oxygen atoms in total. The fourth-order valence-electron chi connectivity index (χ4n) is 1.70. The van der Waals surface area contributed by atoms with E-state index in [4.69, 9.17) is 5.26 Å². The third-order valence-electron chi connectivity index (χ3n) is 2.21. The van der Waals surface area contributed by atoms with Crippen molar-refractivity contribution in [3.8, 4) is 11.8 Å². The van der Waals surface area contributed by atoms with Crippen molar-refractivity contribution in [1.29, 1.82) is 5.26 Å². The Bertz CT molecular complexity index is 340. The van der Waals surface area contributed by atoms with Gasteiger partial charge in [-0.15, -0.1) is 0 Å². The molecule has 0 aromatic heterocycles. The zero-order valence-electron chi connectivity index (χ0n) is 8.13. The normalized spacial score (nSPS) is 12.2. The number of nitrogens with zero attached hydrogens (tertiary/aromatic N) is 1. The molecule has 1 unspecified atom stereocenters. The second-order valence-corrected chi connectivity index (χ2v) is 3.34. The van der Waals surface area contributed by atoms with Crippen LogP contribution in [-0.4, -0.2) is 5.11 Å². The molecule has 1 rings (SSSR count). The summed E-state index contributed by atoms with van der Waals surface area (Å²) in [6.07, 6.45) is 0. The van der Waals surface area contributed by atoms with Gasteiger partial charge >= 0.3 is 0 Å². The van der Waals surface area contributed by atoms with E-state index in [9.17, 15) is 5.11 Å². The lowest BCUT2D eigenvalue weighted by Gasteiger charge is -2.11. The number of aromatic hydroxyl groups is 1. The van der Waals surface area contributed by atoms with Crippen molar-refractivity contribution >= 4 is 0 Å². The van der Waals surface area contributed by atoms with Crippen LogP contribution in [0.2, 0.25) is 0 Å². The summed E-state index contributed by atoms with van der Waals surface area (Å²) in [4.78, 5) is 0. The molecule has 0 aliphatic heterocycles. The monoisotopic (exact) mass is 175 g/mol. The van der Waals surface area contributed by atoms with Crippen LogP contribution in [0.3, 0.4) is 0 Å². The molecule has 0 fully saturated rings. The van der Waals surface area contributed by atoms with Gasteiger partial charge in [0, 0.05) is 0 Å². The van der Waals surface area contributed by atoms with Crippen molar-refractivity contribution < 1.29 is 5.11 Å². The molecular weight excluding hydrogens is 162 g/mol. The van der Waals surface area contributed by atoms with E-state index in [1.165, 1.54) is 0 Å². The summed E-state index contributed by atoms with van der Waals surface area (Å²) < 4.78 is 0. The summed E-state index contributed by atoms with van der Waals surface area (Å²) in [7, 11) is 0. The molecule has 0 saturated carbocycles. The van der Waals surface area contributed by atoms with Crippen molar-refractivity contribution in [3.63, 3.8) is 0 Å². The van der Waals surface area contributed by atoms with Crippen LogP contribution in [0.15, 0.2) is 12.1 Å². The molecule has 1 aromatic rings. The van der Waals surface area contributed by atoms with Gasteiger partial charge in [-0.3, -0.25) is 0 Å². The third kappa shape index (κ3) is 1.81. The van der Waals surface area contributed by atoms with E-state index in [0.717, 1.165) is 16.7 Å². The molecule has 1 atom stereocenters. The lowest BCUT2D eigenvalue weighted by Crippen LogP contribution is -1.97. The van der Waals surface area contributed by atoms with Crippen molar-refractivity contribution in [1.82, 2.24) is 0 Å². The van der Waals surface area contributed by atoms with E-state index < -0.39 is 0 Å². The van der Waals surface area contributed by atoms with Crippen molar-refractivity contribution in [3.05, 3.63) is 28.8 Å². The second kappa shape index (κ2) is 3.49. The molecule has 1 N–H and O–H groups in total. The first kappa shape index (κ1) is 9.60. The maximum atomic E-state index is 9.29. The van der Waals surface area contributed by atoms with Gasteiger partial charge in [0.25, 0.3) is 0 Å². The minimum absolute atomic E-state index is 0.111. The predicted octanol–water partition coefficient (Wildman–Crippen LogP) is 2.64. The Hall–Kier alpha value is -1.49. The molecule has 0 aliphatic rings. The van der Waals surface area contributed by atoms with Gasteiger partial charge in [0.05, 0.1) is 12.0 Å². The molecule has 0 bridgehead atoms. The highest BCUT2D eigenvalue weighted by atomic mass is 16.3. The molecule has 68 valence electrons. The van der Waals surface area contributed by atoms with Gasteiger partial charge in [0.2, 0.25) is 0 Å². The average molecular weight is 175 g/mol. The molecular formula is C11H13NO. The van der Waals surface area contributed by atoms with Gasteiger partial charge in [-0.05, 0) is 49.6 Å². The summed E-state index contributed by atoms with van der Waals surface area (Å²) >= 11 is 0. The maximum absolute atomic E-state index is 9.29. The van der Waals surface area contributed by atoms with Crippen molar-refractivity contribution in [2.75, 3.05) is 0 Å². The lowest BCUT2D eigenvalue weighted by molar-refractivity contribution is 0.474. The highest BCUT2D eigenvalue weighted by Crippen LogP contribution is 2.26. The Morgan fingerprint density at radius 3 is 2.15 bits per heavy atom. The van der Waals surface area contributed by atoms with Crippen molar-refractivity contribution in [2.45, 2.75) is 26.7 Å². The summed E-state index contributed by atoms with van der Waals surface area (Å²) in [6.45, 7) is 5.69. The first-order valence-corrected chi connectivity index (χ1v) is 4.26. The molecule has 2 heteroatoms. The highest BCUT2D eigenvalue weighted by Gasteiger charge is 2.11. The largest absolute Gasteiger partial charge is 0.508 e. The SMILES string of the molecule is Cc1cc(O)cc(C)c1C(C)C#N. The average Bonchev–Trinajstić information content (AvgIpc) is 2.02. The van der Waals surface area contributed by atoms with Crippen LogP contribution in [-0.2, 0) is 0 Å². The number of nitriles is 1. The lowest BCUT2D eigenvalue weighted by atomic mass is 9.93. The number of hydrogen-bond donors (Lipinski definition) is 1. The van der Waals surface area contributed by atoms with Crippen LogP contribution >= 0.6 is 0 Å². The number of aryl methyl sites for hydroxylation is 2. The molecule has 0 heterocycles. The first-order chi connectivity index (χ1) is 6.06. The molecule has 0 amide bonds. The predicted molar refractivity (Wildman–Crippen MR) is 51.6 cm³/mol. The Kier molecular flexibility index (Phi) is 2.57. The number of phenols is 1. The number of phenolic OH excluding ortho intramolecular Hbond substituents is 1. The van der Waals surface area contributed by atoms with E-state index in [1.807, 2.05) is 20.8 Å². The topological polar surface area (TPSA) is 44.0 Å². The summed E-state index contributed by atoms with van der Waals surface area (Å²) in [5.74, 6) is 0.157. The highest BCUT2D eigenvalue weighted by molar-refractivity contribution is 5.43. The fraction of sp³-hybridized carbons (Fsp3) is 0.364. The summed E-state index contributed by atoms with van der Waals surface area (Å²) in [5, 5.41) is 18.1. The first-order valence-electron chi connectivity index (χ1n) is 4.26. The van der Waals surface area contributed by atoms with Gasteiger partial charge in [-0.1, -0.05) is 0 Å². The van der Waals surface area contributed by atoms with Gasteiger partial charge < -0.3 is 5.11 Å². The summed E-state index contributed by atoms with van der Waals surface area (Å²) in [5.41, 5.74) is 2.98. The Labute approximate surface area is 78.4 Å². The van der Waals surface area contributed by atoms with Gasteiger partial charge in [0.1, 0.15) is 5.75 Å². The maximum Gasteiger partial charge on any atom is 0.116 e. The van der Waals surface area contributed by atoms with Crippen LogP contribution in [0.4, 0.5) is 0 Å². The van der Waals surface area contributed by atoms with Gasteiger partial charge in [0.15, 0.2) is 0 Å². The quantitative estimate of drug-likeness (QED) is 0.713. The van der Waals surface area contributed by atoms with E-state index in [2.05, 4.69) is 6.07 Å². The molecule has 0 aliphatic carbocycles. The van der Waals surface area contributed by atoms with Crippen LogP contribution in [0, 0.1) is 25.2 Å². The van der Waals surface area contributed by atoms with E-state index in [0.29, 0.717) is 0 Å². The third-order valence-corrected chi connectivity index (χ3v) is 2.21. The van der Waals surface area contributed by atoms with Crippen LogP contribution in [0.5, 0.6) is 5.75 Å². The Balaban J connectivity index is 3.30. The molecule has 0 radical (unpaired) electrons. The van der Waals surface area contributed by atoms with Crippen molar-refractivity contribution in [2.24, 2.45) is 0 Å². The Morgan fingerprint density at radius 1 is 1.31 bits per heavy atom. The minimum Gasteiger partial charge on any atom is -0.508 e. The smallest absolute Gasteiger partial charge is 0.116 e.